The average molecular weight is 259 g/mol. The van der Waals surface area contributed by atoms with E-state index in [2.05, 4.69) is 10.1 Å². The summed E-state index contributed by atoms with van der Waals surface area (Å²) < 4.78 is 18.7. The van der Waals surface area contributed by atoms with Crippen LogP contribution in [0.2, 0.25) is 0 Å². The Morgan fingerprint density at radius 1 is 1.32 bits per heavy atom. The molecular formula is C14H14FN3O. The molecule has 0 fully saturated rings. The molecule has 2 N–H and O–H groups in total. The highest BCUT2D eigenvalue weighted by molar-refractivity contribution is 5.21. The summed E-state index contributed by atoms with van der Waals surface area (Å²) in [6, 6.07) is 6.64. The van der Waals surface area contributed by atoms with Crippen molar-refractivity contribution in [2.24, 2.45) is 5.73 Å². The van der Waals surface area contributed by atoms with Crippen LogP contribution in [0, 0.1) is 5.82 Å². The van der Waals surface area contributed by atoms with Gasteiger partial charge in [-0.3, -0.25) is 0 Å². The van der Waals surface area contributed by atoms with E-state index in [9.17, 15) is 4.39 Å². The molecule has 1 aromatic carbocycles. The van der Waals surface area contributed by atoms with Crippen LogP contribution >= 0.6 is 0 Å². The van der Waals surface area contributed by atoms with Gasteiger partial charge in [0, 0.05) is 12.5 Å². The summed E-state index contributed by atoms with van der Waals surface area (Å²) in [6.45, 7) is 0. The molecule has 1 aliphatic rings. The van der Waals surface area contributed by atoms with E-state index < -0.39 is 0 Å². The maximum absolute atomic E-state index is 13.5. The van der Waals surface area contributed by atoms with E-state index in [-0.39, 0.29) is 17.8 Å². The van der Waals surface area contributed by atoms with Crippen LogP contribution in [-0.4, -0.2) is 16.2 Å². The summed E-state index contributed by atoms with van der Waals surface area (Å²) in [6.07, 6.45) is 5.02. The summed E-state index contributed by atoms with van der Waals surface area (Å²) in [4.78, 5) is 4.31. The Balaban J connectivity index is 1.75. The fourth-order valence-electron chi connectivity index (χ4n) is 2.21. The van der Waals surface area contributed by atoms with Gasteiger partial charge in [0.25, 0.3) is 0 Å². The lowest BCUT2D eigenvalue weighted by Crippen LogP contribution is -2.14. The molecule has 98 valence electrons. The van der Waals surface area contributed by atoms with Gasteiger partial charge in [0.15, 0.2) is 5.82 Å². The maximum atomic E-state index is 13.5. The summed E-state index contributed by atoms with van der Waals surface area (Å²) in [5.41, 5.74) is 6.35. The van der Waals surface area contributed by atoms with Crippen molar-refractivity contribution in [3.8, 4) is 0 Å². The summed E-state index contributed by atoms with van der Waals surface area (Å²) in [5, 5.41) is 3.89. The topological polar surface area (TPSA) is 64.9 Å². The first-order valence-electron chi connectivity index (χ1n) is 6.22. The molecule has 2 aromatic rings. The molecule has 2 atom stereocenters. The molecule has 0 spiro atoms. The third-order valence-corrected chi connectivity index (χ3v) is 3.22. The van der Waals surface area contributed by atoms with E-state index in [4.69, 9.17) is 10.3 Å². The van der Waals surface area contributed by atoms with Gasteiger partial charge < -0.3 is 10.3 Å². The first kappa shape index (κ1) is 12.0. The maximum Gasteiger partial charge on any atom is 0.233 e. The van der Waals surface area contributed by atoms with Crippen LogP contribution in [0.15, 0.2) is 40.9 Å². The molecule has 0 radical (unpaired) electrons. The number of benzene rings is 1. The molecular weight excluding hydrogens is 245 g/mol. The van der Waals surface area contributed by atoms with Gasteiger partial charge in [0.2, 0.25) is 5.89 Å². The normalized spacial score (nSPS) is 22.0. The van der Waals surface area contributed by atoms with E-state index in [1.165, 1.54) is 6.07 Å². The number of allylic oxidation sites excluding steroid dienone is 1. The molecule has 0 saturated carbocycles. The Kier molecular flexibility index (Phi) is 3.13. The number of hydrogen-bond acceptors (Lipinski definition) is 4. The fraction of sp³-hybridized carbons (Fsp3) is 0.286. The van der Waals surface area contributed by atoms with Crippen molar-refractivity contribution in [3.63, 3.8) is 0 Å². The zero-order valence-electron chi connectivity index (χ0n) is 10.3. The van der Waals surface area contributed by atoms with Crippen LogP contribution in [0.3, 0.4) is 0 Å². The van der Waals surface area contributed by atoms with E-state index in [1.807, 2.05) is 12.2 Å². The quantitative estimate of drug-likeness (QED) is 0.858. The van der Waals surface area contributed by atoms with Crippen LogP contribution in [0.1, 0.15) is 29.6 Å². The smallest absolute Gasteiger partial charge is 0.233 e. The molecule has 19 heavy (non-hydrogen) atoms. The second-order valence-electron chi connectivity index (χ2n) is 4.71. The fourth-order valence-corrected chi connectivity index (χ4v) is 2.21. The third-order valence-electron chi connectivity index (χ3n) is 3.22. The Bertz CT molecular complexity index is 608. The number of nitrogens with zero attached hydrogens (tertiary/aromatic N) is 2. The molecule has 4 nitrogen and oxygen atoms in total. The summed E-state index contributed by atoms with van der Waals surface area (Å²) in [7, 11) is 0. The number of halogens is 1. The van der Waals surface area contributed by atoms with Crippen LogP contribution in [-0.2, 0) is 6.42 Å². The van der Waals surface area contributed by atoms with E-state index in [0.29, 0.717) is 23.7 Å². The lowest BCUT2D eigenvalue weighted by Gasteiger charge is -2.02. The molecule has 5 heteroatoms. The number of aromatic nitrogens is 2. The molecule has 0 amide bonds. The minimum Gasteiger partial charge on any atom is -0.339 e. The number of nitrogens with two attached hydrogens (primary N) is 1. The highest BCUT2D eigenvalue weighted by atomic mass is 19.1. The van der Waals surface area contributed by atoms with Crippen LogP contribution in [0.5, 0.6) is 0 Å². The third kappa shape index (κ3) is 2.56. The Morgan fingerprint density at radius 3 is 2.89 bits per heavy atom. The molecule has 3 rings (SSSR count). The first-order valence-corrected chi connectivity index (χ1v) is 6.22. The molecule has 1 aliphatic carbocycles. The zero-order valence-corrected chi connectivity index (χ0v) is 10.3. The second-order valence-corrected chi connectivity index (χ2v) is 4.71. The van der Waals surface area contributed by atoms with Crippen molar-refractivity contribution < 1.29 is 8.91 Å². The van der Waals surface area contributed by atoms with Gasteiger partial charge in [0.1, 0.15) is 5.82 Å². The van der Waals surface area contributed by atoms with E-state index in [1.54, 1.807) is 18.2 Å². The SMILES string of the molecule is NC1C=CC(c2nc(Cc3ccccc3F)no2)C1. The summed E-state index contributed by atoms with van der Waals surface area (Å²) >= 11 is 0. The Labute approximate surface area is 110 Å². The Morgan fingerprint density at radius 2 is 2.16 bits per heavy atom. The van der Waals surface area contributed by atoms with Crippen LogP contribution in [0.25, 0.3) is 0 Å². The van der Waals surface area contributed by atoms with Gasteiger partial charge in [-0.15, -0.1) is 0 Å². The molecule has 1 aromatic heterocycles. The van der Waals surface area contributed by atoms with Crippen LogP contribution < -0.4 is 5.73 Å². The second kappa shape index (κ2) is 4.93. The number of hydrogen-bond donors (Lipinski definition) is 1. The van der Waals surface area contributed by atoms with Crippen molar-refractivity contribution in [3.05, 3.63) is 59.5 Å². The van der Waals surface area contributed by atoms with E-state index in [0.717, 1.165) is 6.42 Å². The van der Waals surface area contributed by atoms with Crippen molar-refractivity contribution in [1.82, 2.24) is 10.1 Å². The molecule has 1 heterocycles. The van der Waals surface area contributed by atoms with Crippen molar-refractivity contribution in [1.29, 1.82) is 0 Å². The van der Waals surface area contributed by atoms with Gasteiger partial charge in [0.05, 0.1) is 5.92 Å². The lowest BCUT2D eigenvalue weighted by molar-refractivity contribution is 0.360. The minimum atomic E-state index is -0.253. The predicted octanol–water partition coefficient (Wildman–Crippen LogP) is 2.17. The van der Waals surface area contributed by atoms with Gasteiger partial charge in [-0.05, 0) is 18.1 Å². The molecule has 0 bridgehead atoms. The highest BCUT2D eigenvalue weighted by Crippen LogP contribution is 2.26. The average Bonchev–Trinajstić information content (AvgIpc) is 3.01. The first-order chi connectivity index (χ1) is 9.22. The van der Waals surface area contributed by atoms with Gasteiger partial charge in [-0.25, -0.2) is 4.39 Å². The molecule has 2 unspecified atom stereocenters. The summed E-state index contributed by atoms with van der Waals surface area (Å²) in [5.74, 6) is 0.873. The molecule has 0 aliphatic heterocycles. The standard InChI is InChI=1S/C14H14FN3O/c15-12-4-2-1-3-9(12)8-13-17-14(19-18-13)10-5-6-11(16)7-10/h1-6,10-11H,7-8,16H2. The van der Waals surface area contributed by atoms with Crippen LogP contribution in [0.4, 0.5) is 4.39 Å². The van der Waals surface area contributed by atoms with Gasteiger partial charge in [-0.1, -0.05) is 35.5 Å². The molecule has 0 saturated heterocycles. The van der Waals surface area contributed by atoms with Crippen molar-refractivity contribution in [2.45, 2.75) is 24.8 Å². The van der Waals surface area contributed by atoms with Crippen molar-refractivity contribution >= 4 is 0 Å². The lowest BCUT2D eigenvalue weighted by atomic mass is 10.1. The zero-order chi connectivity index (χ0) is 13.2. The van der Waals surface area contributed by atoms with Gasteiger partial charge >= 0.3 is 0 Å². The number of rotatable bonds is 3. The monoisotopic (exact) mass is 259 g/mol. The van der Waals surface area contributed by atoms with Crippen molar-refractivity contribution in [2.75, 3.05) is 0 Å². The predicted molar refractivity (Wildman–Crippen MR) is 68.0 cm³/mol. The Hall–Kier alpha value is -2.01. The highest BCUT2D eigenvalue weighted by Gasteiger charge is 2.23. The minimum absolute atomic E-state index is 0.0481. The largest absolute Gasteiger partial charge is 0.339 e. The van der Waals surface area contributed by atoms with Gasteiger partial charge in [-0.2, -0.15) is 4.98 Å². The van der Waals surface area contributed by atoms with E-state index >= 15 is 0 Å².